The van der Waals surface area contributed by atoms with Crippen LogP contribution in [0.15, 0.2) is 48.8 Å². The van der Waals surface area contributed by atoms with Crippen LogP contribution in [0.25, 0.3) is 22.3 Å². The lowest BCUT2D eigenvalue weighted by molar-refractivity contribution is 0.102. The van der Waals surface area contributed by atoms with Crippen LogP contribution in [-0.4, -0.2) is 30.9 Å². The fourth-order valence-corrected chi connectivity index (χ4v) is 3.28. The summed E-state index contributed by atoms with van der Waals surface area (Å²) in [5.41, 5.74) is 4.76. The van der Waals surface area contributed by atoms with Crippen molar-refractivity contribution in [3.8, 4) is 11.3 Å². The molecule has 7 nitrogen and oxygen atoms in total. The smallest absolute Gasteiger partial charge is 0.256 e. The predicted molar refractivity (Wildman–Crippen MR) is 114 cm³/mol. The summed E-state index contributed by atoms with van der Waals surface area (Å²) >= 11 is 0. The van der Waals surface area contributed by atoms with Crippen LogP contribution in [0.1, 0.15) is 55.7 Å². The average molecular weight is 388 g/mol. The molecule has 0 unspecified atom stereocenters. The van der Waals surface area contributed by atoms with E-state index in [0.29, 0.717) is 5.56 Å². The number of H-pyrrole nitrogens is 1. The molecule has 0 saturated heterocycles. The van der Waals surface area contributed by atoms with E-state index in [9.17, 15) is 4.79 Å². The maximum absolute atomic E-state index is 13.2. The summed E-state index contributed by atoms with van der Waals surface area (Å²) in [6.07, 6.45) is 3.43. The lowest BCUT2D eigenvalue weighted by Gasteiger charge is -2.12. The number of nitrogens with zero attached hydrogens (tertiary/aromatic N) is 4. The Morgan fingerprint density at radius 2 is 1.97 bits per heavy atom. The molecule has 0 spiro atoms. The molecule has 0 aliphatic carbocycles. The molecule has 1 aromatic carbocycles. The lowest BCUT2D eigenvalue weighted by Crippen LogP contribution is -2.14. The first-order valence-corrected chi connectivity index (χ1v) is 9.73. The summed E-state index contributed by atoms with van der Waals surface area (Å²) in [5.74, 6) is 0.0227. The summed E-state index contributed by atoms with van der Waals surface area (Å²) in [6.45, 7) is 8.24. The maximum Gasteiger partial charge on any atom is 0.256 e. The molecule has 0 aliphatic rings. The Balaban J connectivity index is 1.73. The van der Waals surface area contributed by atoms with E-state index in [1.165, 1.54) is 0 Å². The molecule has 4 rings (SSSR count). The molecule has 0 atom stereocenters. The third kappa shape index (κ3) is 3.63. The number of rotatable bonds is 5. The van der Waals surface area contributed by atoms with Crippen LogP contribution in [0, 0.1) is 0 Å². The van der Waals surface area contributed by atoms with Crippen LogP contribution in [0.2, 0.25) is 0 Å². The lowest BCUT2D eigenvalue weighted by atomic mass is 10.0. The summed E-state index contributed by atoms with van der Waals surface area (Å²) in [6, 6.07) is 11.6. The molecule has 2 N–H and O–H groups in total. The van der Waals surface area contributed by atoms with E-state index in [4.69, 9.17) is 4.98 Å². The Morgan fingerprint density at radius 3 is 2.66 bits per heavy atom. The quantitative estimate of drug-likeness (QED) is 0.515. The molecule has 3 aromatic heterocycles. The monoisotopic (exact) mass is 388 g/mol. The van der Waals surface area contributed by atoms with E-state index in [1.54, 1.807) is 12.4 Å². The highest BCUT2D eigenvalue weighted by atomic mass is 16.1. The highest BCUT2D eigenvalue weighted by Gasteiger charge is 2.19. The van der Waals surface area contributed by atoms with Crippen LogP contribution < -0.4 is 5.32 Å². The van der Waals surface area contributed by atoms with Crippen LogP contribution in [0.3, 0.4) is 0 Å². The zero-order valence-electron chi connectivity index (χ0n) is 17.0. The third-order valence-corrected chi connectivity index (χ3v) is 4.84. The van der Waals surface area contributed by atoms with Gasteiger partial charge in [0.2, 0.25) is 0 Å². The number of aromatic nitrogens is 5. The minimum atomic E-state index is -0.177. The van der Waals surface area contributed by atoms with Gasteiger partial charge in [-0.05, 0) is 44.0 Å². The minimum Gasteiger partial charge on any atom is -0.322 e. The first-order valence-electron chi connectivity index (χ1n) is 9.73. The molecule has 3 heterocycles. The minimum absolute atomic E-state index is 0.157. The largest absolute Gasteiger partial charge is 0.322 e. The molecular formula is C22H24N6O. The van der Waals surface area contributed by atoms with Crippen LogP contribution in [0.5, 0.6) is 0 Å². The zero-order valence-corrected chi connectivity index (χ0v) is 17.0. The molecule has 148 valence electrons. The second-order valence-electron chi connectivity index (χ2n) is 7.67. The number of benzene rings is 1. The van der Waals surface area contributed by atoms with Crippen molar-refractivity contribution in [3.63, 3.8) is 0 Å². The van der Waals surface area contributed by atoms with Crippen LogP contribution in [0.4, 0.5) is 5.69 Å². The van der Waals surface area contributed by atoms with Crippen molar-refractivity contribution in [2.24, 2.45) is 0 Å². The van der Waals surface area contributed by atoms with Crippen molar-refractivity contribution >= 4 is 22.6 Å². The van der Waals surface area contributed by atoms with Crippen molar-refractivity contribution < 1.29 is 4.79 Å². The molecule has 29 heavy (non-hydrogen) atoms. The van der Waals surface area contributed by atoms with Gasteiger partial charge in [-0.1, -0.05) is 26.0 Å². The first kappa shape index (κ1) is 18.9. The van der Waals surface area contributed by atoms with Crippen LogP contribution in [-0.2, 0) is 0 Å². The van der Waals surface area contributed by atoms with Crippen molar-refractivity contribution in [1.29, 1.82) is 0 Å². The molecule has 0 radical (unpaired) electrons. The number of nitrogens with one attached hydrogen (secondary N) is 2. The molecule has 7 heteroatoms. The SMILES string of the molecule is CC(C)c1cc(C(=O)Nc2cccc(-c3ccn[nH]3)c2)c2cnn(C(C)C)c2n1. The molecular weight excluding hydrogens is 364 g/mol. The number of aromatic amines is 1. The van der Waals surface area contributed by atoms with Gasteiger partial charge in [-0.2, -0.15) is 10.2 Å². The Morgan fingerprint density at radius 1 is 1.14 bits per heavy atom. The van der Waals surface area contributed by atoms with Gasteiger partial charge >= 0.3 is 0 Å². The predicted octanol–water partition coefficient (Wildman–Crippen LogP) is 4.78. The van der Waals surface area contributed by atoms with Crippen molar-refractivity contribution in [3.05, 3.63) is 60.0 Å². The maximum atomic E-state index is 13.2. The molecule has 0 saturated carbocycles. The van der Waals surface area contributed by atoms with Gasteiger partial charge in [0, 0.05) is 29.2 Å². The molecule has 0 bridgehead atoms. The van der Waals surface area contributed by atoms with E-state index in [2.05, 4.69) is 48.3 Å². The molecule has 4 aromatic rings. The fraction of sp³-hybridized carbons (Fsp3) is 0.273. The number of hydrogen-bond acceptors (Lipinski definition) is 4. The highest BCUT2D eigenvalue weighted by molar-refractivity contribution is 6.12. The summed E-state index contributed by atoms with van der Waals surface area (Å²) in [4.78, 5) is 17.9. The fourth-order valence-electron chi connectivity index (χ4n) is 3.28. The molecule has 1 amide bonds. The van der Waals surface area contributed by atoms with Gasteiger partial charge in [-0.25, -0.2) is 9.67 Å². The van der Waals surface area contributed by atoms with Crippen molar-refractivity contribution in [2.45, 2.75) is 39.7 Å². The van der Waals surface area contributed by atoms with Crippen molar-refractivity contribution in [2.75, 3.05) is 5.32 Å². The van der Waals surface area contributed by atoms with Crippen molar-refractivity contribution in [1.82, 2.24) is 25.0 Å². The van der Waals surface area contributed by atoms with E-state index in [0.717, 1.165) is 33.7 Å². The average Bonchev–Trinajstić information content (AvgIpc) is 3.37. The van der Waals surface area contributed by atoms with Gasteiger partial charge in [0.1, 0.15) is 0 Å². The van der Waals surface area contributed by atoms with E-state index < -0.39 is 0 Å². The Bertz CT molecular complexity index is 1160. The normalized spacial score (nSPS) is 11.5. The first-order chi connectivity index (χ1) is 13.9. The van der Waals surface area contributed by atoms with Gasteiger partial charge in [-0.15, -0.1) is 0 Å². The van der Waals surface area contributed by atoms with Gasteiger partial charge in [0.05, 0.1) is 22.8 Å². The van der Waals surface area contributed by atoms with E-state index in [-0.39, 0.29) is 17.9 Å². The molecule has 0 fully saturated rings. The van der Waals surface area contributed by atoms with Gasteiger partial charge in [0.15, 0.2) is 5.65 Å². The Kier molecular flexibility index (Phi) is 4.88. The second kappa shape index (κ2) is 7.50. The van der Waals surface area contributed by atoms with Gasteiger partial charge in [-0.3, -0.25) is 9.89 Å². The standard InChI is InChI=1S/C22H24N6O/c1-13(2)20-11-17(18-12-24-28(14(3)4)21(18)26-20)22(29)25-16-7-5-6-15(10-16)19-8-9-23-27-19/h5-14H,1-4H3,(H,23,27)(H,25,29). The number of hydrogen-bond donors (Lipinski definition) is 2. The summed E-state index contributed by atoms with van der Waals surface area (Å²) in [7, 11) is 0. The number of fused-ring (bicyclic) bond motifs is 1. The van der Waals surface area contributed by atoms with Gasteiger partial charge in [0.25, 0.3) is 5.91 Å². The summed E-state index contributed by atoms with van der Waals surface area (Å²) < 4.78 is 1.86. The number of carbonyl (C=O) groups excluding carboxylic acids is 1. The van der Waals surface area contributed by atoms with E-state index in [1.807, 2.05) is 41.1 Å². The number of amides is 1. The second-order valence-corrected chi connectivity index (χ2v) is 7.67. The zero-order chi connectivity index (χ0) is 20.5. The Hall–Kier alpha value is -3.48. The van der Waals surface area contributed by atoms with E-state index >= 15 is 0 Å². The number of carbonyl (C=O) groups is 1. The number of pyridine rings is 1. The van der Waals surface area contributed by atoms with Crippen LogP contribution >= 0.6 is 0 Å². The number of anilines is 1. The molecule has 0 aliphatic heterocycles. The topological polar surface area (TPSA) is 88.5 Å². The third-order valence-electron chi connectivity index (χ3n) is 4.84. The Labute approximate surface area is 169 Å². The van der Waals surface area contributed by atoms with Gasteiger partial charge < -0.3 is 5.32 Å². The summed E-state index contributed by atoms with van der Waals surface area (Å²) in [5, 5.41) is 15.2. The highest BCUT2D eigenvalue weighted by Crippen LogP contribution is 2.26.